The summed E-state index contributed by atoms with van der Waals surface area (Å²) in [6.45, 7) is 4.77. The number of amides is 1. The summed E-state index contributed by atoms with van der Waals surface area (Å²) in [7, 11) is 0. The van der Waals surface area contributed by atoms with Gasteiger partial charge in [-0.3, -0.25) is 9.78 Å². The number of rotatable bonds is 9. The van der Waals surface area contributed by atoms with Crippen molar-refractivity contribution in [3.8, 4) is 22.9 Å². The highest BCUT2D eigenvalue weighted by atomic mass is 16.5. The molecular formula is C25H24N4O4. The van der Waals surface area contributed by atoms with Gasteiger partial charge in [-0.05, 0) is 55.8 Å². The van der Waals surface area contributed by atoms with Crippen LogP contribution >= 0.6 is 0 Å². The molecule has 0 aliphatic rings. The minimum absolute atomic E-state index is 0.256. The Bertz CT molecular complexity index is 1220. The van der Waals surface area contributed by atoms with Crippen LogP contribution in [-0.4, -0.2) is 34.2 Å². The SMILES string of the molecule is CCOc1ccc(C(=O)Nc2ccccc2Cc2nc(-c3cccnc3)no2)cc1OCC. The number of nitrogens with one attached hydrogen (secondary N) is 1. The first-order valence-corrected chi connectivity index (χ1v) is 10.7. The van der Waals surface area contributed by atoms with E-state index >= 15 is 0 Å². The fraction of sp³-hybridized carbons (Fsp3) is 0.200. The fourth-order valence-corrected chi connectivity index (χ4v) is 3.29. The van der Waals surface area contributed by atoms with E-state index in [4.69, 9.17) is 14.0 Å². The highest BCUT2D eigenvalue weighted by Gasteiger charge is 2.15. The molecule has 168 valence electrons. The standard InChI is InChI=1S/C25H24N4O4/c1-3-31-21-12-11-18(14-22(21)32-4-2)25(30)27-20-10-6-5-8-17(20)15-23-28-24(29-33-23)19-9-7-13-26-16-19/h5-14,16H,3-4,15H2,1-2H3,(H,27,30). The molecule has 0 bridgehead atoms. The highest BCUT2D eigenvalue weighted by molar-refractivity contribution is 6.05. The number of hydrogen-bond donors (Lipinski definition) is 1. The van der Waals surface area contributed by atoms with Crippen molar-refractivity contribution in [3.05, 3.63) is 84.0 Å². The summed E-state index contributed by atoms with van der Waals surface area (Å²) in [6.07, 6.45) is 3.73. The van der Waals surface area contributed by atoms with Gasteiger partial charge in [-0.2, -0.15) is 4.98 Å². The van der Waals surface area contributed by atoms with Crippen LogP contribution in [0, 0.1) is 0 Å². The number of benzene rings is 2. The number of pyridine rings is 1. The minimum Gasteiger partial charge on any atom is -0.490 e. The summed E-state index contributed by atoms with van der Waals surface area (Å²) < 4.78 is 16.6. The second-order valence-corrected chi connectivity index (χ2v) is 7.07. The second kappa shape index (κ2) is 10.4. The maximum absolute atomic E-state index is 13.0. The number of ether oxygens (including phenoxy) is 2. The second-order valence-electron chi connectivity index (χ2n) is 7.07. The lowest BCUT2D eigenvalue weighted by Gasteiger charge is -2.13. The monoisotopic (exact) mass is 444 g/mol. The molecule has 0 aliphatic carbocycles. The van der Waals surface area contributed by atoms with Gasteiger partial charge >= 0.3 is 0 Å². The van der Waals surface area contributed by atoms with Gasteiger partial charge in [0.25, 0.3) is 5.91 Å². The van der Waals surface area contributed by atoms with Gasteiger partial charge < -0.3 is 19.3 Å². The average Bonchev–Trinajstić information content (AvgIpc) is 3.31. The van der Waals surface area contributed by atoms with Crippen LogP contribution in [0.2, 0.25) is 0 Å². The predicted octanol–water partition coefficient (Wildman–Crippen LogP) is 4.77. The molecule has 0 unspecified atom stereocenters. The lowest BCUT2D eigenvalue weighted by Crippen LogP contribution is -2.14. The molecule has 0 radical (unpaired) electrons. The summed E-state index contributed by atoms with van der Waals surface area (Å²) >= 11 is 0. The Kier molecular flexibility index (Phi) is 6.94. The lowest BCUT2D eigenvalue weighted by atomic mass is 10.1. The Balaban J connectivity index is 1.52. The number of nitrogens with zero attached hydrogens (tertiary/aromatic N) is 3. The molecule has 1 N–H and O–H groups in total. The Hall–Kier alpha value is -4.20. The van der Waals surface area contributed by atoms with Gasteiger partial charge in [0.1, 0.15) is 0 Å². The first-order valence-electron chi connectivity index (χ1n) is 10.7. The number of carbonyl (C=O) groups excluding carboxylic acids is 1. The number of para-hydroxylation sites is 1. The summed E-state index contributed by atoms with van der Waals surface area (Å²) in [4.78, 5) is 21.5. The molecule has 8 heteroatoms. The normalized spacial score (nSPS) is 10.6. The quantitative estimate of drug-likeness (QED) is 0.397. The number of anilines is 1. The van der Waals surface area contributed by atoms with Crippen molar-refractivity contribution < 1.29 is 18.8 Å². The van der Waals surface area contributed by atoms with E-state index in [2.05, 4.69) is 20.4 Å². The molecule has 4 aromatic rings. The van der Waals surface area contributed by atoms with E-state index in [1.807, 2.05) is 50.2 Å². The summed E-state index contributed by atoms with van der Waals surface area (Å²) in [5, 5.41) is 7.00. The van der Waals surface area contributed by atoms with Crippen molar-refractivity contribution in [2.45, 2.75) is 20.3 Å². The maximum atomic E-state index is 13.0. The molecule has 0 saturated heterocycles. The van der Waals surface area contributed by atoms with Crippen LogP contribution in [0.25, 0.3) is 11.4 Å². The van der Waals surface area contributed by atoms with Gasteiger partial charge in [0.2, 0.25) is 11.7 Å². The van der Waals surface area contributed by atoms with Crippen molar-refractivity contribution in [2.24, 2.45) is 0 Å². The Morgan fingerprint density at radius 1 is 1.00 bits per heavy atom. The fourth-order valence-electron chi connectivity index (χ4n) is 3.29. The molecular weight excluding hydrogens is 420 g/mol. The molecule has 0 fully saturated rings. The van der Waals surface area contributed by atoms with Crippen LogP contribution in [0.15, 0.2) is 71.5 Å². The van der Waals surface area contributed by atoms with Crippen molar-refractivity contribution in [1.29, 1.82) is 0 Å². The highest BCUT2D eigenvalue weighted by Crippen LogP contribution is 2.29. The van der Waals surface area contributed by atoms with Gasteiger partial charge in [-0.1, -0.05) is 23.4 Å². The molecule has 2 aromatic heterocycles. The molecule has 0 spiro atoms. The van der Waals surface area contributed by atoms with Crippen LogP contribution in [0.3, 0.4) is 0 Å². The third-order valence-corrected chi connectivity index (χ3v) is 4.80. The van der Waals surface area contributed by atoms with E-state index in [9.17, 15) is 4.79 Å². The van der Waals surface area contributed by atoms with Crippen LogP contribution in [0.5, 0.6) is 11.5 Å². The van der Waals surface area contributed by atoms with E-state index < -0.39 is 0 Å². The third kappa shape index (κ3) is 5.35. The first kappa shape index (κ1) is 22.0. The van der Waals surface area contributed by atoms with Crippen molar-refractivity contribution >= 4 is 11.6 Å². The molecule has 0 saturated carbocycles. The van der Waals surface area contributed by atoms with Gasteiger partial charge in [-0.25, -0.2) is 0 Å². The van der Waals surface area contributed by atoms with Crippen LogP contribution < -0.4 is 14.8 Å². The zero-order chi connectivity index (χ0) is 23.0. The molecule has 2 heterocycles. The van der Waals surface area contributed by atoms with Crippen molar-refractivity contribution in [3.63, 3.8) is 0 Å². The van der Waals surface area contributed by atoms with Crippen LogP contribution in [0.4, 0.5) is 5.69 Å². The number of carbonyl (C=O) groups is 1. The Morgan fingerprint density at radius 2 is 1.82 bits per heavy atom. The Morgan fingerprint density at radius 3 is 2.61 bits per heavy atom. The third-order valence-electron chi connectivity index (χ3n) is 4.80. The summed E-state index contributed by atoms with van der Waals surface area (Å²) in [6, 6.07) is 16.3. The van der Waals surface area contributed by atoms with Gasteiger partial charge in [0.15, 0.2) is 11.5 Å². The van der Waals surface area contributed by atoms with Gasteiger partial charge in [0.05, 0.1) is 19.6 Å². The lowest BCUT2D eigenvalue weighted by molar-refractivity contribution is 0.102. The van der Waals surface area contributed by atoms with Crippen molar-refractivity contribution in [2.75, 3.05) is 18.5 Å². The van der Waals surface area contributed by atoms with E-state index in [1.165, 1.54) is 0 Å². The molecule has 33 heavy (non-hydrogen) atoms. The number of aromatic nitrogens is 3. The van der Waals surface area contributed by atoms with E-state index in [-0.39, 0.29) is 5.91 Å². The maximum Gasteiger partial charge on any atom is 0.255 e. The van der Waals surface area contributed by atoms with E-state index in [0.717, 1.165) is 11.1 Å². The predicted molar refractivity (Wildman–Crippen MR) is 124 cm³/mol. The summed E-state index contributed by atoms with van der Waals surface area (Å²) in [5.74, 6) is 1.80. The van der Waals surface area contributed by atoms with Crippen molar-refractivity contribution in [1.82, 2.24) is 15.1 Å². The molecule has 1 amide bonds. The van der Waals surface area contributed by atoms with Crippen LogP contribution in [-0.2, 0) is 6.42 Å². The first-order chi connectivity index (χ1) is 16.2. The largest absolute Gasteiger partial charge is 0.490 e. The molecule has 4 rings (SSSR count). The van der Waals surface area contributed by atoms with E-state index in [0.29, 0.717) is 54.1 Å². The number of hydrogen-bond acceptors (Lipinski definition) is 7. The average molecular weight is 444 g/mol. The molecule has 8 nitrogen and oxygen atoms in total. The zero-order valence-electron chi connectivity index (χ0n) is 18.4. The molecule has 0 aliphatic heterocycles. The van der Waals surface area contributed by atoms with Gasteiger partial charge in [0, 0.05) is 29.2 Å². The smallest absolute Gasteiger partial charge is 0.255 e. The van der Waals surface area contributed by atoms with Crippen LogP contribution in [0.1, 0.15) is 35.7 Å². The Labute approximate surface area is 191 Å². The zero-order valence-corrected chi connectivity index (χ0v) is 18.4. The van der Waals surface area contributed by atoms with E-state index in [1.54, 1.807) is 30.6 Å². The molecule has 0 atom stereocenters. The molecule has 2 aromatic carbocycles. The topological polar surface area (TPSA) is 99.4 Å². The minimum atomic E-state index is -0.256. The van der Waals surface area contributed by atoms with Gasteiger partial charge in [-0.15, -0.1) is 0 Å². The summed E-state index contributed by atoms with van der Waals surface area (Å²) in [5.41, 5.74) is 2.75.